The monoisotopic (exact) mass is 526 g/mol. The molecule has 0 heterocycles. The molecule has 18 heteroatoms. The van der Waals surface area contributed by atoms with Gasteiger partial charge in [0.2, 0.25) is 0 Å². The fourth-order valence-electron chi connectivity index (χ4n) is 2.19. The van der Waals surface area contributed by atoms with Crippen LogP contribution >= 0.6 is 0 Å². The molecule has 1 atom stereocenters. The van der Waals surface area contributed by atoms with E-state index in [4.69, 9.17) is 0 Å². The Balaban J connectivity index is 3.66. The van der Waals surface area contributed by atoms with Crippen LogP contribution in [0.4, 0.5) is 74.6 Å². The first-order chi connectivity index (χ1) is 14.3. The second-order valence-electron chi connectivity index (χ2n) is 6.38. The summed E-state index contributed by atoms with van der Waals surface area (Å²) in [6.07, 6.45) is -12.0. The first kappa shape index (κ1) is 29.0. The highest BCUT2D eigenvalue weighted by Gasteiger charge is 2.95. The predicted molar refractivity (Wildman–Crippen MR) is 72.1 cm³/mol. The van der Waals surface area contributed by atoms with Crippen LogP contribution in [-0.2, 0) is 0 Å². The van der Waals surface area contributed by atoms with Crippen LogP contribution in [-0.4, -0.2) is 52.7 Å². The molecule has 0 aromatic heterocycles. The summed E-state index contributed by atoms with van der Waals surface area (Å²) in [7, 11) is 0. The van der Waals surface area contributed by atoms with Gasteiger partial charge in [-0.2, -0.15) is 74.6 Å². The Hall–Kier alpha value is -2.01. The largest absolute Gasteiger partial charge is 0.460 e. The van der Waals surface area contributed by atoms with Gasteiger partial charge in [0.05, 0.1) is 0 Å². The predicted octanol–water partition coefficient (Wildman–Crippen LogP) is 6.73. The number of rotatable bonds is 8. The molecule has 33 heavy (non-hydrogen) atoms. The van der Waals surface area contributed by atoms with Crippen molar-refractivity contribution in [1.82, 2.24) is 0 Å². The maximum absolute atomic E-state index is 13.8. The lowest BCUT2D eigenvalue weighted by Crippen LogP contribution is -2.74. The van der Waals surface area contributed by atoms with Gasteiger partial charge in [-0.15, -0.1) is 0 Å². The van der Waals surface area contributed by atoms with E-state index in [2.05, 4.69) is 0 Å². The number of hydrogen-bond donors (Lipinski definition) is 1. The van der Waals surface area contributed by atoms with Crippen molar-refractivity contribution in [1.29, 1.82) is 0 Å². The summed E-state index contributed by atoms with van der Waals surface area (Å²) in [5.74, 6) is -57.4. The van der Waals surface area contributed by atoms with E-state index in [0.29, 0.717) is 24.3 Å². The van der Waals surface area contributed by atoms with Crippen molar-refractivity contribution in [3.05, 3.63) is 35.9 Å². The van der Waals surface area contributed by atoms with Gasteiger partial charge in [-0.25, -0.2) is 0 Å². The number of benzene rings is 1. The number of alkyl halides is 17. The third-order valence-electron chi connectivity index (χ3n) is 4.21. The van der Waals surface area contributed by atoms with E-state index in [1.165, 1.54) is 0 Å². The highest BCUT2D eigenvalue weighted by molar-refractivity contribution is 5.23. The van der Waals surface area contributed by atoms with E-state index in [1.54, 1.807) is 0 Å². The van der Waals surface area contributed by atoms with Gasteiger partial charge in [-0.1, -0.05) is 30.3 Å². The lowest BCUT2D eigenvalue weighted by atomic mass is 9.86. The van der Waals surface area contributed by atoms with Gasteiger partial charge in [0.15, 0.2) is 0 Å². The summed E-state index contributed by atoms with van der Waals surface area (Å²) in [5, 5.41) is 9.20. The van der Waals surface area contributed by atoms with Crippen LogP contribution in [0, 0.1) is 0 Å². The molecule has 0 amide bonds. The van der Waals surface area contributed by atoms with Crippen LogP contribution in [0.3, 0.4) is 0 Å². The molecule has 0 aliphatic heterocycles. The molecule has 1 rings (SSSR count). The smallest absolute Gasteiger partial charge is 0.382 e. The number of aliphatic hydroxyl groups is 1. The summed E-state index contributed by atoms with van der Waals surface area (Å²) < 4.78 is 224. The first-order valence-corrected chi connectivity index (χ1v) is 7.71. The van der Waals surface area contributed by atoms with Gasteiger partial charge in [-0.3, -0.25) is 0 Å². The molecule has 0 aliphatic carbocycles. The topological polar surface area (TPSA) is 20.2 Å². The molecule has 0 unspecified atom stereocenters. The molecule has 0 saturated carbocycles. The van der Waals surface area contributed by atoms with E-state index in [0.717, 1.165) is 6.07 Å². The SMILES string of the molecule is O[C@@H](c1ccccc1)C(F)(F)C(F)(F)C(F)(F)C(F)(F)C(F)(F)C(F)(F)C(F)(F)C(F)(F)F. The van der Waals surface area contributed by atoms with Gasteiger partial charge in [0.25, 0.3) is 0 Å². The van der Waals surface area contributed by atoms with Gasteiger partial charge >= 0.3 is 47.6 Å². The van der Waals surface area contributed by atoms with Gasteiger partial charge < -0.3 is 5.11 Å². The maximum atomic E-state index is 13.8. The molecular formula is C15H7F17O. The highest BCUT2D eigenvalue weighted by atomic mass is 19.4. The molecule has 0 bridgehead atoms. The maximum Gasteiger partial charge on any atom is 0.460 e. The van der Waals surface area contributed by atoms with E-state index in [1.807, 2.05) is 0 Å². The summed E-state index contributed by atoms with van der Waals surface area (Å²) in [6.45, 7) is 0. The van der Waals surface area contributed by atoms with Crippen molar-refractivity contribution in [2.45, 2.75) is 53.7 Å². The molecule has 0 fully saturated rings. The lowest BCUT2D eigenvalue weighted by molar-refractivity contribution is -0.464. The molecule has 192 valence electrons. The Bertz CT molecular complexity index is 827. The summed E-state index contributed by atoms with van der Waals surface area (Å²) in [5.41, 5.74) is -1.41. The minimum absolute atomic E-state index is 0.317. The van der Waals surface area contributed by atoms with Crippen LogP contribution < -0.4 is 0 Å². The molecule has 0 radical (unpaired) electrons. The van der Waals surface area contributed by atoms with Crippen molar-refractivity contribution in [3.63, 3.8) is 0 Å². The Morgan fingerprint density at radius 1 is 0.455 bits per heavy atom. The second-order valence-corrected chi connectivity index (χ2v) is 6.38. The van der Waals surface area contributed by atoms with Crippen LogP contribution in [0.5, 0.6) is 0 Å². The number of aliphatic hydroxyl groups excluding tert-OH is 1. The molecule has 1 aromatic rings. The molecule has 0 aliphatic rings. The summed E-state index contributed by atoms with van der Waals surface area (Å²) in [6, 6.07) is 3.01. The first-order valence-electron chi connectivity index (χ1n) is 7.71. The van der Waals surface area contributed by atoms with Gasteiger partial charge in [-0.05, 0) is 5.56 Å². The zero-order chi connectivity index (χ0) is 26.7. The highest BCUT2D eigenvalue weighted by Crippen LogP contribution is 2.64. The van der Waals surface area contributed by atoms with Crippen LogP contribution in [0.25, 0.3) is 0 Å². The third-order valence-corrected chi connectivity index (χ3v) is 4.21. The number of hydrogen-bond acceptors (Lipinski definition) is 1. The van der Waals surface area contributed by atoms with Crippen LogP contribution in [0.15, 0.2) is 30.3 Å². The van der Waals surface area contributed by atoms with Crippen LogP contribution in [0.1, 0.15) is 11.7 Å². The van der Waals surface area contributed by atoms with Crippen molar-refractivity contribution >= 4 is 0 Å². The number of halogens is 17. The average molecular weight is 526 g/mol. The second kappa shape index (κ2) is 7.76. The lowest BCUT2D eigenvalue weighted by Gasteiger charge is -2.43. The standard InChI is InChI=1S/C15H7F17O/c16-8(17,7(33)6-4-2-1-3-5-6)9(18,19)10(20,21)11(22,23)12(24,25)13(26,27)14(28,29)15(30,31)32/h1-5,7,33H/t7-/m0/s1. The van der Waals surface area contributed by atoms with E-state index in [-0.39, 0.29) is 0 Å². The molecule has 1 nitrogen and oxygen atoms in total. The summed E-state index contributed by atoms with van der Waals surface area (Å²) >= 11 is 0. The van der Waals surface area contributed by atoms with Crippen molar-refractivity contribution < 1.29 is 79.7 Å². The Labute approximate surface area is 170 Å². The van der Waals surface area contributed by atoms with Gasteiger partial charge in [0, 0.05) is 0 Å². The zero-order valence-electron chi connectivity index (χ0n) is 14.8. The Kier molecular flexibility index (Phi) is 6.82. The van der Waals surface area contributed by atoms with E-state index in [9.17, 15) is 79.7 Å². The quantitative estimate of drug-likeness (QED) is 0.373. The van der Waals surface area contributed by atoms with Gasteiger partial charge in [0.1, 0.15) is 6.10 Å². The zero-order valence-corrected chi connectivity index (χ0v) is 14.8. The van der Waals surface area contributed by atoms with E-state index < -0.39 is 59.3 Å². The average Bonchev–Trinajstić information content (AvgIpc) is 2.66. The minimum atomic E-state index is -8.69. The minimum Gasteiger partial charge on any atom is -0.382 e. The fraction of sp³-hybridized carbons (Fsp3) is 0.600. The molecule has 1 N–H and O–H groups in total. The van der Waals surface area contributed by atoms with E-state index >= 15 is 0 Å². The molecule has 0 saturated heterocycles. The van der Waals surface area contributed by atoms with Crippen molar-refractivity contribution in [2.75, 3.05) is 0 Å². The third kappa shape index (κ3) is 3.77. The molecule has 1 aromatic carbocycles. The Morgan fingerprint density at radius 3 is 1.09 bits per heavy atom. The van der Waals surface area contributed by atoms with Crippen LogP contribution in [0.2, 0.25) is 0 Å². The molecule has 0 spiro atoms. The van der Waals surface area contributed by atoms with Crippen molar-refractivity contribution in [3.8, 4) is 0 Å². The van der Waals surface area contributed by atoms with Crippen molar-refractivity contribution in [2.24, 2.45) is 0 Å². The normalized spacial score (nSPS) is 16.7. The Morgan fingerprint density at radius 2 is 0.758 bits per heavy atom. The molecular weight excluding hydrogens is 519 g/mol. The fourth-order valence-corrected chi connectivity index (χ4v) is 2.19. The summed E-state index contributed by atoms with van der Waals surface area (Å²) in [4.78, 5) is 0.